The molecule has 0 aliphatic rings. The molecule has 0 fully saturated rings. The van der Waals surface area contributed by atoms with Crippen LogP contribution in [0.3, 0.4) is 0 Å². The van der Waals surface area contributed by atoms with Gasteiger partial charge < -0.3 is 5.73 Å². The number of aldehydes is 1. The number of rotatable bonds is 2. The average Bonchev–Trinajstić information content (AvgIpc) is 2.17. The summed E-state index contributed by atoms with van der Waals surface area (Å²) in [5.41, 5.74) is 4.75. The maximum absolute atomic E-state index is 11.1. The first-order valence-corrected chi connectivity index (χ1v) is 4.92. The highest BCUT2D eigenvalue weighted by Gasteiger charge is 2.23. The normalized spacial score (nSPS) is 10.9. The molecule has 0 aliphatic carbocycles. The van der Waals surface area contributed by atoms with Gasteiger partial charge >= 0.3 is 5.24 Å². The highest BCUT2D eigenvalue weighted by molar-refractivity contribution is 8.05. The van der Waals surface area contributed by atoms with Gasteiger partial charge in [-0.3, -0.25) is 9.59 Å². The van der Waals surface area contributed by atoms with E-state index in [9.17, 15) is 18.0 Å². The molecule has 0 aliphatic heterocycles. The third kappa shape index (κ3) is 1.77. The van der Waals surface area contributed by atoms with Crippen LogP contribution in [0.1, 0.15) is 10.4 Å². The van der Waals surface area contributed by atoms with Crippen LogP contribution >= 0.6 is 0 Å². The van der Waals surface area contributed by atoms with Crippen LogP contribution < -0.4 is 5.73 Å². The number of aromatic nitrogens is 1. The van der Waals surface area contributed by atoms with Crippen molar-refractivity contribution in [1.82, 2.24) is 4.98 Å². The van der Waals surface area contributed by atoms with Gasteiger partial charge in [-0.25, -0.2) is 13.4 Å². The summed E-state index contributed by atoms with van der Waals surface area (Å²) in [6.45, 7) is 0. The smallest absolute Gasteiger partial charge is 0.340 e. The zero-order valence-electron chi connectivity index (χ0n) is 6.88. The number of pyridine rings is 1. The van der Waals surface area contributed by atoms with Crippen LogP contribution in [0.4, 0.5) is 4.79 Å². The Kier molecular flexibility index (Phi) is 2.61. The number of hydrogen-bond acceptors (Lipinski definition) is 5. The van der Waals surface area contributed by atoms with Gasteiger partial charge in [0.1, 0.15) is 6.29 Å². The first kappa shape index (κ1) is 10.3. The summed E-state index contributed by atoms with van der Waals surface area (Å²) in [6, 6.07) is 2.29. The molecule has 1 heterocycles. The van der Waals surface area contributed by atoms with Crippen molar-refractivity contribution in [2.75, 3.05) is 0 Å². The van der Waals surface area contributed by atoms with Gasteiger partial charge in [0.25, 0.3) is 9.84 Å². The molecule has 14 heavy (non-hydrogen) atoms. The first-order valence-electron chi connectivity index (χ1n) is 3.44. The molecule has 74 valence electrons. The SMILES string of the molecule is NC(=O)S(=O)(=O)c1cc(C=O)ccn1. The van der Waals surface area contributed by atoms with Crippen molar-refractivity contribution >= 4 is 21.4 Å². The zero-order valence-corrected chi connectivity index (χ0v) is 7.69. The van der Waals surface area contributed by atoms with E-state index in [-0.39, 0.29) is 5.56 Å². The molecule has 0 unspecified atom stereocenters. The summed E-state index contributed by atoms with van der Waals surface area (Å²) in [5.74, 6) is 0. The van der Waals surface area contributed by atoms with Crippen LogP contribution in [-0.4, -0.2) is 24.9 Å². The molecule has 0 bridgehead atoms. The second kappa shape index (κ2) is 3.54. The number of carbonyl (C=O) groups is 2. The lowest BCUT2D eigenvalue weighted by atomic mass is 10.3. The van der Waals surface area contributed by atoms with E-state index in [2.05, 4.69) is 10.7 Å². The molecule has 0 saturated carbocycles. The van der Waals surface area contributed by atoms with E-state index in [1.165, 1.54) is 6.07 Å². The summed E-state index contributed by atoms with van der Waals surface area (Å²) >= 11 is 0. The monoisotopic (exact) mass is 214 g/mol. The van der Waals surface area contributed by atoms with Gasteiger partial charge in [-0.15, -0.1) is 0 Å². The molecule has 0 saturated heterocycles. The Balaban J connectivity index is 3.34. The molecule has 0 spiro atoms. The van der Waals surface area contributed by atoms with E-state index in [4.69, 9.17) is 0 Å². The first-order chi connectivity index (χ1) is 6.48. The van der Waals surface area contributed by atoms with Gasteiger partial charge in [-0.05, 0) is 12.1 Å². The Bertz CT molecular complexity index is 480. The summed E-state index contributed by atoms with van der Waals surface area (Å²) in [6.07, 6.45) is 1.56. The molecule has 1 rings (SSSR count). The summed E-state index contributed by atoms with van der Waals surface area (Å²) < 4.78 is 22.3. The molecule has 2 N–H and O–H groups in total. The number of nitrogens with two attached hydrogens (primary N) is 1. The molecule has 0 radical (unpaired) electrons. The molecule has 1 aromatic rings. The van der Waals surface area contributed by atoms with Gasteiger partial charge in [-0.1, -0.05) is 0 Å². The van der Waals surface area contributed by atoms with Gasteiger partial charge in [0, 0.05) is 11.8 Å². The molecule has 7 heteroatoms. The van der Waals surface area contributed by atoms with Gasteiger partial charge in [-0.2, -0.15) is 0 Å². The van der Waals surface area contributed by atoms with Crippen LogP contribution in [0, 0.1) is 0 Å². The van der Waals surface area contributed by atoms with Crippen LogP contribution in [0.5, 0.6) is 0 Å². The number of primary amides is 1. The number of amides is 1. The molecule has 6 nitrogen and oxygen atoms in total. The topological polar surface area (TPSA) is 107 Å². The number of nitrogens with zero attached hydrogens (tertiary/aromatic N) is 1. The van der Waals surface area contributed by atoms with E-state index in [1.54, 1.807) is 0 Å². The molecular weight excluding hydrogens is 208 g/mol. The van der Waals surface area contributed by atoms with E-state index in [0.717, 1.165) is 12.3 Å². The fraction of sp³-hybridized carbons (Fsp3) is 0. The van der Waals surface area contributed by atoms with Crippen molar-refractivity contribution in [3.8, 4) is 0 Å². The average molecular weight is 214 g/mol. The number of hydrogen-bond donors (Lipinski definition) is 1. The Labute approximate surface area is 79.7 Å². The second-order valence-electron chi connectivity index (χ2n) is 2.37. The lowest BCUT2D eigenvalue weighted by Gasteiger charge is -1.98. The summed E-state index contributed by atoms with van der Waals surface area (Å²) in [4.78, 5) is 24.3. The third-order valence-corrected chi connectivity index (χ3v) is 2.74. The largest absolute Gasteiger partial charge is 0.356 e. The Morgan fingerprint density at radius 3 is 2.64 bits per heavy atom. The zero-order chi connectivity index (χ0) is 10.8. The minimum absolute atomic E-state index is 0.111. The van der Waals surface area contributed by atoms with Crippen LogP contribution in [-0.2, 0) is 9.84 Å². The molecular formula is C7H6N2O4S. The Morgan fingerprint density at radius 2 is 2.14 bits per heavy atom. The highest BCUT2D eigenvalue weighted by atomic mass is 32.2. The predicted octanol–water partition coefficient (Wildman–Crippen LogP) is -0.253. The maximum Gasteiger partial charge on any atom is 0.340 e. The lowest BCUT2D eigenvalue weighted by Crippen LogP contribution is -2.22. The fourth-order valence-corrected chi connectivity index (χ4v) is 1.45. The summed E-state index contributed by atoms with van der Waals surface area (Å²) in [5, 5.41) is -2.01. The standard InChI is InChI=1S/C7H6N2O4S/c8-7(11)14(12,13)6-3-5(4-10)1-2-9-6/h1-4H,(H2,8,11). The van der Waals surface area contributed by atoms with Crippen molar-refractivity contribution in [2.24, 2.45) is 5.73 Å². The van der Waals surface area contributed by atoms with E-state index in [0.29, 0.717) is 6.29 Å². The quantitative estimate of drug-likeness (QED) is 0.683. The molecule has 1 amide bonds. The van der Waals surface area contributed by atoms with Gasteiger partial charge in [0.15, 0.2) is 5.03 Å². The Morgan fingerprint density at radius 1 is 1.50 bits per heavy atom. The second-order valence-corrected chi connectivity index (χ2v) is 4.20. The van der Waals surface area contributed by atoms with E-state index in [1.807, 2.05) is 0 Å². The number of sulfone groups is 1. The minimum Gasteiger partial charge on any atom is -0.356 e. The van der Waals surface area contributed by atoms with Crippen molar-refractivity contribution in [3.05, 3.63) is 23.9 Å². The van der Waals surface area contributed by atoms with Gasteiger partial charge in [0.05, 0.1) is 0 Å². The summed E-state index contributed by atoms with van der Waals surface area (Å²) in [7, 11) is -4.24. The predicted molar refractivity (Wildman–Crippen MR) is 46.4 cm³/mol. The van der Waals surface area contributed by atoms with Crippen molar-refractivity contribution in [2.45, 2.75) is 5.03 Å². The minimum atomic E-state index is -4.24. The Hall–Kier alpha value is -1.76. The highest BCUT2D eigenvalue weighted by Crippen LogP contribution is 2.08. The number of carbonyl (C=O) groups excluding carboxylic acids is 2. The maximum atomic E-state index is 11.1. The van der Waals surface area contributed by atoms with Crippen LogP contribution in [0.15, 0.2) is 23.4 Å². The fourth-order valence-electron chi connectivity index (χ4n) is 0.748. The van der Waals surface area contributed by atoms with Crippen molar-refractivity contribution in [1.29, 1.82) is 0 Å². The third-order valence-electron chi connectivity index (χ3n) is 1.44. The van der Waals surface area contributed by atoms with Crippen LogP contribution in [0.2, 0.25) is 0 Å². The van der Waals surface area contributed by atoms with Crippen LogP contribution in [0.25, 0.3) is 0 Å². The molecule has 0 atom stereocenters. The molecule has 0 aromatic carbocycles. The van der Waals surface area contributed by atoms with Gasteiger partial charge in [0.2, 0.25) is 0 Å². The van der Waals surface area contributed by atoms with E-state index >= 15 is 0 Å². The molecule has 1 aromatic heterocycles. The lowest BCUT2D eigenvalue weighted by molar-refractivity contribution is 0.112. The van der Waals surface area contributed by atoms with E-state index < -0.39 is 20.1 Å². The van der Waals surface area contributed by atoms with Crippen molar-refractivity contribution < 1.29 is 18.0 Å². The van der Waals surface area contributed by atoms with Crippen molar-refractivity contribution in [3.63, 3.8) is 0 Å².